The van der Waals surface area contributed by atoms with Gasteiger partial charge in [0.15, 0.2) is 5.82 Å². The molecule has 2 heterocycles. The van der Waals surface area contributed by atoms with Gasteiger partial charge in [0, 0.05) is 36.9 Å². The van der Waals surface area contributed by atoms with Crippen LogP contribution in [0.5, 0.6) is 0 Å². The second kappa shape index (κ2) is 6.57. The molecular weight excluding hydrogens is 304 g/mol. The summed E-state index contributed by atoms with van der Waals surface area (Å²) in [5.74, 6) is 1.16. The first-order valence-corrected chi connectivity index (χ1v) is 7.29. The lowest BCUT2D eigenvalue weighted by Crippen LogP contribution is -2.46. The number of hydrogen-bond acceptors (Lipinski definition) is 6. The number of amides is 1. The molecule has 1 amide bonds. The van der Waals surface area contributed by atoms with Gasteiger partial charge < -0.3 is 15.1 Å². The summed E-state index contributed by atoms with van der Waals surface area (Å²) in [4.78, 5) is 18.9. The Morgan fingerprint density at radius 2 is 2.05 bits per heavy atom. The van der Waals surface area contributed by atoms with E-state index in [2.05, 4.69) is 20.5 Å². The number of aromatic nitrogens is 3. The summed E-state index contributed by atoms with van der Waals surface area (Å²) in [6, 6.07) is 7.38. The third-order valence-corrected chi connectivity index (χ3v) is 3.63. The lowest BCUT2D eigenvalue weighted by Gasteiger charge is -2.32. The molecule has 1 aromatic heterocycles. The van der Waals surface area contributed by atoms with Crippen molar-refractivity contribution in [1.82, 2.24) is 20.1 Å². The third-order valence-electron chi connectivity index (χ3n) is 3.39. The Bertz CT molecular complexity index is 659. The lowest BCUT2D eigenvalue weighted by atomic mass is 10.3. The van der Waals surface area contributed by atoms with Crippen molar-refractivity contribution in [2.24, 2.45) is 0 Å². The van der Waals surface area contributed by atoms with Crippen molar-refractivity contribution in [3.8, 4) is 0 Å². The molecule has 0 radical (unpaired) electrons. The highest BCUT2D eigenvalue weighted by atomic mass is 35.5. The average Bonchev–Trinajstić information content (AvgIpc) is 2.55. The van der Waals surface area contributed by atoms with Gasteiger partial charge in [-0.1, -0.05) is 17.7 Å². The van der Waals surface area contributed by atoms with Crippen LogP contribution in [-0.4, -0.2) is 52.7 Å². The first-order chi connectivity index (χ1) is 10.7. The van der Waals surface area contributed by atoms with E-state index in [0.717, 1.165) is 12.1 Å². The molecule has 3 rings (SSSR count). The van der Waals surface area contributed by atoms with Gasteiger partial charge in [-0.3, -0.25) is 4.79 Å². The SMILES string of the molecule is O=CN1CCN(c2nncc(Nc3cccc(Cl)c3)n2)CC1. The Morgan fingerprint density at radius 3 is 2.77 bits per heavy atom. The highest BCUT2D eigenvalue weighted by Gasteiger charge is 2.18. The normalized spacial score (nSPS) is 14.8. The summed E-state index contributed by atoms with van der Waals surface area (Å²) in [5.41, 5.74) is 0.838. The van der Waals surface area contributed by atoms with Crippen molar-refractivity contribution in [1.29, 1.82) is 0 Å². The van der Waals surface area contributed by atoms with E-state index in [0.29, 0.717) is 43.0 Å². The number of nitrogens with zero attached hydrogens (tertiary/aromatic N) is 5. The Labute approximate surface area is 132 Å². The molecule has 8 heteroatoms. The molecule has 114 valence electrons. The number of piperazine rings is 1. The molecule has 1 aliphatic heterocycles. The number of carbonyl (C=O) groups is 1. The highest BCUT2D eigenvalue weighted by Crippen LogP contribution is 2.19. The monoisotopic (exact) mass is 318 g/mol. The predicted octanol–water partition coefficient (Wildman–Crippen LogP) is 1.55. The molecule has 2 aromatic rings. The van der Waals surface area contributed by atoms with Gasteiger partial charge in [-0.2, -0.15) is 10.1 Å². The number of anilines is 3. The molecule has 1 N–H and O–H groups in total. The Hall–Kier alpha value is -2.41. The summed E-state index contributed by atoms with van der Waals surface area (Å²) in [7, 11) is 0. The van der Waals surface area contributed by atoms with E-state index in [1.54, 1.807) is 11.1 Å². The van der Waals surface area contributed by atoms with E-state index in [-0.39, 0.29) is 0 Å². The van der Waals surface area contributed by atoms with E-state index >= 15 is 0 Å². The van der Waals surface area contributed by atoms with Crippen molar-refractivity contribution in [3.63, 3.8) is 0 Å². The lowest BCUT2D eigenvalue weighted by molar-refractivity contribution is -0.118. The van der Waals surface area contributed by atoms with E-state index in [4.69, 9.17) is 11.6 Å². The summed E-state index contributed by atoms with van der Waals surface area (Å²) in [6.45, 7) is 2.72. The minimum Gasteiger partial charge on any atom is -0.342 e. The molecular formula is C14H15ClN6O. The summed E-state index contributed by atoms with van der Waals surface area (Å²) >= 11 is 5.96. The van der Waals surface area contributed by atoms with Gasteiger partial charge in [0.1, 0.15) is 0 Å². The van der Waals surface area contributed by atoms with Crippen LogP contribution in [0.2, 0.25) is 5.02 Å². The molecule has 0 bridgehead atoms. The zero-order chi connectivity index (χ0) is 15.4. The minimum atomic E-state index is 0.553. The van der Waals surface area contributed by atoms with Crippen LogP contribution in [0.4, 0.5) is 17.5 Å². The molecule has 0 spiro atoms. The Morgan fingerprint density at radius 1 is 1.23 bits per heavy atom. The molecule has 0 saturated carbocycles. The first kappa shape index (κ1) is 14.5. The molecule has 1 aliphatic rings. The fraction of sp³-hybridized carbons (Fsp3) is 0.286. The highest BCUT2D eigenvalue weighted by molar-refractivity contribution is 6.30. The topological polar surface area (TPSA) is 74.2 Å². The predicted molar refractivity (Wildman–Crippen MR) is 84.4 cm³/mol. The molecule has 0 atom stereocenters. The quantitative estimate of drug-likeness (QED) is 0.862. The molecule has 7 nitrogen and oxygen atoms in total. The van der Waals surface area contributed by atoms with Gasteiger partial charge in [0.2, 0.25) is 12.4 Å². The fourth-order valence-electron chi connectivity index (χ4n) is 2.23. The van der Waals surface area contributed by atoms with E-state index in [9.17, 15) is 4.79 Å². The number of benzene rings is 1. The van der Waals surface area contributed by atoms with Crippen LogP contribution in [0.3, 0.4) is 0 Å². The van der Waals surface area contributed by atoms with Crippen molar-refractivity contribution in [2.45, 2.75) is 0 Å². The second-order valence-electron chi connectivity index (χ2n) is 4.91. The van der Waals surface area contributed by atoms with Crippen molar-refractivity contribution in [2.75, 3.05) is 36.4 Å². The maximum atomic E-state index is 10.7. The smallest absolute Gasteiger partial charge is 0.247 e. The van der Waals surface area contributed by atoms with Crippen molar-refractivity contribution in [3.05, 3.63) is 35.5 Å². The summed E-state index contributed by atoms with van der Waals surface area (Å²) < 4.78 is 0. The van der Waals surface area contributed by atoms with Gasteiger partial charge >= 0.3 is 0 Å². The second-order valence-corrected chi connectivity index (χ2v) is 5.34. The Kier molecular flexibility index (Phi) is 4.34. The summed E-state index contributed by atoms with van der Waals surface area (Å²) in [5, 5.41) is 11.9. The maximum Gasteiger partial charge on any atom is 0.247 e. The van der Waals surface area contributed by atoms with Crippen molar-refractivity contribution >= 4 is 35.5 Å². The third kappa shape index (κ3) is 3.43. The van der Waals surface area contributed by atoms with Crippen LogP contribution in [-0.2, 0) is 4.79 Å². The van der Waals surface area contributed by atoms with E-state index < -0.39 is 0 Å². The first-order valence-electron chi connectivity index (χ1n) is 6.91. The number of hydrogen-bond donors (Lipinski definition) is 1. The maximum absolute atomic E-state index is 10.7. The molecule has 1 aromatic carbocycles. The van der Waals surface area contributed by atoms with E-state index in [1.165, 1.54) is 0 Å². The van der Waals surface area contributed by atoms with Crippen LogP contribution in [0.1, 0.15) is 0 Å². The van der Waals surface area contributed by atoms with Gasteiger partial charge in [-0.15, -0.1) is 5.10 Å². The average molecular weight is 319 g/mol. The minimum absolute atomic E-state index is 0.553. The molecule has 1 saturated heterocycles. The molecule has 1 fully saturated rings. The van der Waals surface area contributed by atoms with Gasteiger partial charge in [-0.25, -0.2) is 0 Å². The number of rotatable bonds is 4. The Balaban J connectivity index is 1.71. The van der Waals surface area contributed by atoms with Crippen molar-refractivity contribution < 1.29 is 4.79 Å². The largest absolute Gasteiger partial charge is 0.342 e. The molecule has 22 heavy (non-hydrogen) atoms. The number of carbonyl (C=O) groups excluding carboxylic acids is 1. The number of nitrogens with one attached hydrogen (secondary N) is 1. The summed E-state index contributed by atoms with van der Waals surface area (Å²) in [6.07, 6.45) is 2.43. The van der Waals surface area contributed by atoms with Gasteiger partial charge in [0.05, 0.1) is 6.20 Å². The fourth-order valence-corrected chi connectivity index (χ4v) is 2.42. The van der Waals surface area contributed by atoms with E-state index in [1.807, 2.05) is 29.2 Å². The molecule has 0 unspecified atom stereocenters. The zero-order valence-electron chi connectivity index (χ0n) is 11.8. The van der Waals surface area contributed by atoms with Gasteiger partial charge in [-0.05, 0) is 18.2 Å². The van der Waals surface area contributed by atoms with Crippen LogP contribution in [0.25, 0.3) is 0 Å². The zero-order valence-corrected chi connectivity index (χ0v) is 12.6. The van der Waals surface area contributed by atoms with Crippen LogP contribution in [0, 0.1) is 0 Å². The number of halogens is 1. The van der Waals surface area contributed by atoms with Crippen LogP contribution < -0.4 is 10.2 Å². The molecule has 0 aliphatic carbocycles. The van der Waals surface area contributed by atoms with Gasteiger partial charge in [0.25, 0.3) is 0 Å². The van der Waals surface area contributed by atoms with Crippen LogP contribution in [0.15, 0.2) is 30.5 Å². The standard InChI is InChI=1S/C14H15ClN6O/c15-11-2-1-3-12(8-11)17-13-9-16-19-14(18-13)21-6-4-20(10-22)5-7-21/h1-3,8-10H,4-7H2,(H,17,18,19). The van der Waals surface area contributed by atoms with Crippen LogP contribution >= 0.6 is 11.6 Å².